The fraction of sp³-hybridized carbons (Fsp3) is 0.583. The Labute approximate surface area is 245 Å². The number of allylic oxidation sites excluding steroid dienone is 1. The van der Waals surface area contributed by atoms with Gasteiger partial charge in [-0.3, -0.25) is 0 Å². The second kappa shape index (κ2) is 16.2. The molecule has 2 aliphatic carbocycles. The van der Waals surface area contributed by atoms with Crippen molar-refractivity contribution in [1.82, 2.24) is 0 Å². The predicted octanol–water partition coefficient (Wildman–Crippen LogP) is 10.2. The van der Waals surface area contributed by atoms with Crippen molar-refractivity contribution in [3.8, 4) is 11.1 Å². The fourth-order valence-electron chi connectivity index (χ4n) is 6.34. The van der Waals surface area contributed by atoms with Gasteiger partial charge in [-0.25, -0.2) is 13.6 Å². The molecule has 3 nitrogen and oxygen atoms in total. The quantitative estimate of drug-likeness (QED) is 0.179. The van der Waals surface area contributed by atoms with Crippen LogP contribution in [0.4, 0.5) is 8.78 Å². The first-order chi connectivity index (χ1) is 20.0. The summed E-state index contributed by atoms with van der Waals surface area (Å²) in [5.74, 6) is -0.727. The molecule has 0 atom stereocenters. The number of carbonyl (C=O) groups excluding carboxylic acids is 1. The minimum atomic E-state index is -0.899. The SMILES string of the molecule is CCCCCC1CCC(OC(=O)c2c(F)cc(-c3ccc(/C=C/C4CCC(COCCC)CC4)cc3)cc2F)CC1. The highest BCUT2D eigenvalue weighted by molar-refractivity contribution is 5.91. The number of esters is 1. The smallest absolute Gasteiger partial charge is 0.344 e. The van der Waals surface area contributed by atoms with Gasteiger partial charge >= 0.3 is 5.97 Å². The number of carbonyl (C=O) groups is 1. The van der Waals surface area contributed by atoms with Crippen molar-refractivity contribution >= 4 is 12.0 Å². The van der Waals surface area contributed by atoms with E-state index in [9.17, 15) is 13.6 Å². The lowest BCUT2D eigenvalue weighted by Crippen LogP contribution is -2.25. The molecule has 2 aromatic rings. The van der Waals surface area contributed by atoms with Crippen LogP contribution in [-0.4, -0.2) is 25.3 Å². The summed E-state index contributed by atoms with van der Waals surface area (Å²) in [7, 11) is 0. The lowest BCUT2D eigenvalue weighted by Gasteiger charge is -2.28. The molecule has 2 aliphatic rings. The molecule has 224 valence electrons. The molecule has 0 amide bonds. The van der Waals surface area contributed by atoms with E-state index in [1.165, 1.54) is 63.5 Å². The summed E-state index contributed by atoms with van der Waals surface area (Å²) < 4.78 is 41.3. The second-order valence-corrected chi connectivity index (χ2v) is 12.2. The first-order valence-electron chi connectivity index (χ1n) is 16.0. The number of benzene rings is 2. The van der Waals surface area contributed by atoms with Crippen LogP contribution in [0.5, 0.6) is 0 Å². The minimum Gasteiger partial charge on any atom is -0.459 e. The summed E-state index contributed by atoms with van der Waals surface area (Å²) in [6, 6.07) is 10.1. The molecule has 0 saturated heterocycles. The molecule has 2 saturated carbocycles. The van der Waals surface area contributed by atoms with Crippen LogP contribution in [0.1, 0.15) is 113 Å². The molecular formula is C36H48F2O3. The van der Waals surface area contributed by atoms with Crippen LogP contribution in [0.15, 0.2) is 42.5 Å². The van der Waals surface area contributed by atoms with Gasteiger partial charge < -0.3 is 9.47 Å². The molecule has 0 heterocycles. The number of hydrogen-bond donors (Lipinski definition) is 0. The van der Waals surface area contributed by atoms with Crippen LogP contribution in [0.3, 0.4) is 0 Å². The maximum absolute atomic E-state index is 15.0. The molecule has 0 bridgehead atoms. The molecule has 0 N–H and O–H groups in total. The van der Waals surface area contributed by atoms with E-state index in [0.717, 1.165) is 50.9 Å². The summed E-state index contributed by atoms with van der Waals surface area (Å²) in [5.41, 5.74) is 1.57. The molecule has 2 fully saturated rings. The Morgan fingerprint density at radius 3 is 2.12 bits per heavy atom. The third-order valence-corrected chi connectivity index (χ3v) is 8.93. The van der Waals surface area contributed by atoms with E-state index < -0.39 is 23.2 Å². The van der Waals surface area contributed by atoms with Crippen LogP contribution >= 0.6 is 0 Å². The van der Waals surface area contributed by atoms with Gasteiger partial charge in [-0.05, 0) is 104 Å². The Kier molecular flexibility index (Phi) is 12.4. The maximum atomic E-state index is 15.0. The van der Waals surface area contributed by atoms with Crippen molar-refractivity contribution in [3.63, 3.8) is 0 Å². The van der Waals surface area contributed by atoms with Gasteiger partial charge in [0, 0.05) is 13.2 Å². The topological polar surface area (TPSA) is 35.5 Å². The molecule has 0 aliphatic heterocycles. The third kappa shape index (κ3) is 9.49. The van der Waals surface area contributed by atoms with Crippen LogP contribution in [0.2, 0.25) is 0 Å². The number of rotatable bonds is 13. The van der Waals surface area contributed by atoms with Gasteiger partial charge in [-0.15, -0.1) is 0 Å². The van der Waals surface area contributed by atoms with E-state index in [0.29, 0.717) is 28.9 Å². The van der Waals surface area contributed by atoms with E-state index in [2.05, 4.69) is 26.0 Å². The molecule has 4 rings (SSSR count). The zero-order valence-corrected chi connectivity index (χ0v) is 25.0. The summed E-state index contributed by atoms with van der Waals surface area (Å²) in [5, 5.41) is 0. The zero-order chi connectivity index (χ0) is 29.0. The van der Waals surface area contributed by atoms with Gasteiger partial charge in [0.15, 0.2) is 0 Å². The highest BCUT2D eigenvalue weighted by Gasteiger charge is 2.27. The summed E-state index contributed by atoms with van der Waals surface area (Å²) in [4.78, 5) is 12.7. The number of ether oxygens (including phenoxy) is 2. The molecule has 0 aromatic heterocycles. The lowest BCUT2D eigenvalue weighted by molar-refractivity contribution is 0.0151. The summed E-state index contributed by atoms with van der Waals surface area (Å²) in [6.07, 6.45) is 18.5. The average Bonchev–Trinajstić information content (AvgIpc) is 2.98. The van der Waals surface area contributed by atoms with Gasteiger partial charge in [0.2, 0.25) is 0 Å². The highest BCUT2D eigenvalue weighted by atomic mass is 19.1. The Hall–Kier alpha value is -2.53. The molecular weight excluding hydrogens is 518 g/mol. The lowest BCUT2D eigenvalue weighted by atomic mass is 9.82. The van der Waals surface area contributed by atoms with E-state index in [-0.39, 0.29) is 6.10 Å². The largest absolute Gasteiger partial charge is 0.459 e. The van der Waals surface area contributed by atoms with Crippen molar-refractivity contribution in [2.24, 2.45) is 17.8 Å². The number of halogens is 2. The van der Waals surface area contributed by atoms with Crippen molar-refractivity contribution in [2.45, 2.75) is 103 Å². The van der Waals surface area contributed by atoms with Crippen molar-refractivity contribution < 1.29 is 23.0 Å². The first kappa shape index (κ1) is 31.4. The molecule has 2 aromatic carbocycles. The van der Waals surface area contributed by atoms with E-state index in [1.54, 1.807) is 0 Å². The van der Waals surface area contributed by atoms with Crippen LogP contribution in [-0.2, 0) is 9.47 Å². The predicted molar refractivity (Wildman–Crippen MR) is 163 cm³/mol. The zero-order valence-electron chi connectivity index (χ0n) is 25.0. The van der Waals surface area contributed by atoms with Crippen molar-refractivity contribution in [1.29, 1.82) is 0 Å². The Morgan fingerprint density at radius 1 is 0.829 bits per heavy atom. The van der Waals surface area contributed by atoms with Crippen LogP contribution in [0, 0.1) is 29.4 Å². The average molecular weight is 567 g/mol. The summed E-state index contributed by atoms with van der Waals surface area (Å²) >= 11 is 0. The Morgan fingerprint density at radius 2 is 1.49 bits per heavy atom. The van der Waals surface area contributed by atoms with E-state index >= 15 is 0 Å². The van der Waals surface area contributed by atoms with E-state index in [4.69, 9.17) is 9.47 Å². The number of unbranched alkanes of at least 4 members (excludes halogenated alkanes) is 2. The molecule has 0 radical (unpaired) electrons. The third-order valence-electron chi connectivity index (χ3n) is 8.93. The summed E-state index contributed by atoms with van der Waals surface area (Å²) in [6.45, 7) is 6.08. The van der Waals surface area contributed by atoms with Crippen LogP contribution < -0.4 is 0 Å². The molecule has 0 spiro atoms. The van der Waals surface area contributed by atoms with E-state index in [1.807, 2.05) is 24.3 Å². The van der Waals surface area contributed by atoms with Gasteiger partial charge in [0.05, 0.1) is 0 Å². The minimum absolute atomic E-state index is 0.265. The standard InChI is InChI=1S/C36H48F2O3/c1-3-5-6-7-26-16-20-32(21-17-26)41-36(39)35-33(37)23-31(24-34(35)38)30-18-14-28(15-19-30)9-8-27-10-12-29(13-11-27)25-40-22-4-2/h8-9,14-15,18-19,23-24,26-27,29,32H,3-7,10-13,16-17,20-22,25H2,1-2H3/b9-8+. The van der Waals surface area contributed by atoms with Crippen molar-refractivity contribution in [2.75, 3.05) is 13.2 Å². The van der Waals surface area contributed by atoms with Crippen LogP contribution in [0.25, 0.3) is 17.2 Å². The fourth-order valence-corrected chi connectivity index (χ4v) is 6.34. The first-order valence-corrected chi connectivity index (χ1v) is 16.0. The van der Waals surface area contributed by atoms with Gasteiger partial charge in [-0.2, -0.15) is 0 Å². The highest BCUT2D eigenvalue weighted by Crippen LogP contribution is 2.33. The Balaban J connectivity index is 1.28. The van der Waals surface area contributed by atoms with Crippen molar-refractivity contribution in [3.05, 3.63) is 65.2 Å². The molecule has 41 heavy (non-hydrogen) atoms. The molecule has 0 unspecified atom stereocenters. The van der Waals surface area contributed by atoms with Gasteiger partial charge in [0.25, 0.3) is 0 Å². The number of hydrogen-bond acceptors (Lipinski definition) is 3. The second-order valence-electron chi connectivity index (χ2n) is 12.2. The normalized spacial score (nSPS) is 23.1. The van der Waals surface area contributed by atoms with Gasteiger partial charge in [0.1, 0.15) is 23.3 Å². The maximum Gasteiger partial charge on any atom is 0.344 e. The monoisotopic (exact) mass is 566 g/mol. The Bertz CT molecular complexity index is 1090. The molecule has 5 heteroatoms. The van der Waals surface area contributed by atoms with Gasteiger partial charge in [-0.1, -0.05) is 75.9 Å².